The summed E-state index contributed by atoms with van der Waals surface area (Å²) < 4.78 is 0. The van der Waals surface area contributed by atoms with Gasteiger partial charge in [0.15, 0.2) is 0 Å². The Morgan fingerprint density at radius 1 is 1.35 bits per heavy atom. The number of anilines is 1. The van der Waals surface area contributed by atoms with E-state index in [-0.39, 0.29) is 5.91 Å². The van der Waals surface area contributed by atoms with Crippen LogP contribution in [0.15, 0.2) is 30.3 Å². The lowest BCUT2D eigenvalue weighted by molar-refractivity contribution is 0.0948. The van der Waals surface area contributed by atoms with Crippen LogP contribution in [0.1, 0.15) is 29.8 Å². The zero-order valence-electron chi connectivity index (χ0n) is 11.6. The van der Waals surface area contributed by atoms with E-state index in [1.807, 2.05) is 37.4 Å². The number of pyridine rings is 1. The van der Waals surface area contributed by atoms with E-state index in [1.54, 1.807) is 0 Å². The van der Waals surface area contributed by atoms with E-state index in [9.17, 15) is 4.79 Å². The molecule has 1 heterocycles. The minimum absolute atomic E-state index is 0.0899. The normalized spacial score (nSPS) is 14.2. The maximum Gasteiger partial charge on any atom is 0.269 e. The molecule has 1 aromatic carbocycles. The predicted molar refractivity (Wildman–Crippen MR) is 81.0 cm³/mol. The third-order valence-corrected chi connectivity index (χ3v) is 3.74. The average Bonchev–Trinajstić information content (AvgIpc) is 3.30. The highest BCUT2D eigenvalue weighted by molar-refractivity contribution is 6.00. The molecule has 1 aliphatic rings. The predicted octanol–water partition coefficient (Wildman–Crippen LogP) is 2.81. The van der Waals surface area contributed by atoms with Gasteiger partial charge in [0.05, 0.1) is 0 Å². The van der Waals surface area contributed by atoms with Gasteiger partial charge in [-0.3, -0.25) is 4.79 Å². The minimum Gasteiger partial charge on any atom is -0.373 e. The number of carbonyl (C=O) groups excluding carboxylic acids is 1. The number of nitrogens with one attached hydrogen (secondary N) is 2. The quantitative estimate of drug-likeness (QED) is 0.877. The molecular formula is C16H19N3O. The standard InChI is InChI=1S/C16H19N3O/c1-17-15-13-5-3-2-4-12(13)10-14(19-15)16(20)18-9-8-11-6-7-11/h2-5,10-11H,6-9H2,1H3,(H,17,19)(H,18,20). The zero-order valence-corrected chi connectivity index (χ0v) is 11.6. The van der Waals surface area contributed by atoms with Gasteiger partial charge in [0.1, 0.15) is 11.5 Å². The van der Waals surface area contributed by atoms with E-state index in [0.29, 0.717) is 5.69 Å². The Bertz CT molecular complexity index is 635. The number of hydrogen-bond donors (Lipinski definition) is 2. The SMILES string of the molecule is CNc1nc(C(=O)NCCC2CC2)cc2ccccc12. The highest BCUT2D eigenvalue weighted by Crippen LogP contribution is 2.31. The summed E-state index contributed by atoms with van der Waals surface area (Å²) in [5, 5.41) is 8.07. The first kappa shape index (κ1) is 12.9. The third-order valence-electron chi connectivity index (χ3n) is 3.74. The van der Waals surface area contributed by atoms with Gasteiger partial charge in [-0.2, -0.15) is 0 Å². The summed E-state index contributed by atoms with van der Waals surface area (Å²) >= 11 is 0. The van der Waals surface area contributed by atoms with Gasteiger partial charge in [-0.25, -0.2) is 4.98 Å². The van der Waals surface area contributed by atoms with E-state index in [4.69, 9.17) is 0 Å². The van der Waals surface area contributed by atoms with Gasteiger partial charge in [-0.05, 0) is 23.8 Å². The highest BCUT2D eigenvalue weighted by atomic mass is 16.1. The highest BCUT2D eigenvalue weighted by Gasteiger charge is 2.21. The van der Waals surface area contributed by atoms with E-state index < -0.39 is 0 Å². The summed E-state index contributed by atoms with van der Waals surface area (Å²) in [6, 6.07) is 9.79. The number of fused-ring (bicyclic) bond motifs is 1. The first-order chi connectivity index (χ1) is 9.78. The van der Waals surface area contributed by atoms with Gasteiger partial charge in [0, 0.05) is 19.0 Å². The van der Waals surface area contributed by atoms with Gasteiger partial charge in [0.25, 0.3) is 5.91 Å². The van der Waals surface area contributed by atoms with Crippen molar-refractivity contribution in [2.75, 3.05) is 18.9 Å². The molecule has 0 unspecified atom stereocenters. The summed E-state index contributed by atoms with van der Waals surface area (Å²) in [6.45, 7) is 0.743. The molecule has 0 bridgehead atoms. The lowest BCUT2D eigenvalue weighted by Crippen LogP contribution is -2.25. The second kappa shape index (κ2) is 5.49. The Kier molecular flexibility index (Phi) is 3.54. The minimum atomic E-state index is -0.0899. The maximum atomic E-state index is 12.2. The largest absolute Gasteiger partial charge is 0.373 e. The number of hydrogen-bond acceptors (Lipinski definition) is 3. The molecule has 0 radical (unpaired) electrons. The van der Waals surface area contributed by atoms with Crippen LogP contribution in [0.25, 0.3) is 10.8 Å². The number of nitrogens with zero attached hydrogens (tertiary/aromatic N) is 1. The monoisotopic (exact) mass is 269 g/mol. The second-order valence-corrected chi connectivity index (χ2v) is 5.32. The topological polar surface area (TPSA) is 54.0 Å². The van der Waals surface area contributed by atoms with Gasteiger partial charge in [0.2, 0.25) is 0 Å². The van der Waals surface area contributed by atoms with Crippen molar-refractivity contribution in [2.24, 2.45) is 5.92 Å². The molecule has 2 aromatic rings. The van der Waals surface area contributed by atoms with Crippen LogP contribution in [0.3, 0.4) is 0 Å². The molecule has 2 N–H and O–H groups in total. The Labute approximate surface area is 118 Å². The molecule has 1 aromatic heterocycles. The van der Waals surface area contributed by atoms with E-state index >= 15 is 0 Å². The first-order valence-corrected chi connectivity index (χ1v) is 7.13. The van der Waals surface area contributed by atoms with Crippen molar-refractivity contribution in [3.8, 4) is 0 Å². The van der Waals surface area contributed by atoms with Crippen LogP contribution in [0.2, 0.25) is 0 Å². The summed E-state index contributed by atoms with van der Waals surface area (Å²) in [5.74, 6) is 1.48. The van der Waals surface area contributed by atoms with Crippen molar-refractivity contribution in [3.63, 3.8) is 0 Å². The van der Waals surface area contributed by atoms with Crippen LogP contribution < -0.4 is 10.6 Å². The molecule has 1 fully saturated rings. The lowest BCUT2D eigenvalue weighted by Gasteiger charge is -2.09. The molecule has 0 aliphatic heterocycles. The Morgan fingerprint density at radius 2 is 2.15 bits per heavy atom. The van der Waals surface area contributed by atoms with Crippen LogP contribution in [0, 0.1) is 5.92 Å². The molecule has 4 nitrogen and oxygen atoms in total. The van der Waals surface area contributed by atoms with Crippen LogP contribution in [0.5, 0.6) is 0 Å². The van der Waals surface area contributed by atoms with Crippen LogP contribution >= 0.6 is 0 Å². The van der Waals surface area contributed by atoms with E-state index in [1.165, 1.54) is 12.8 Å². The smallest absolute Gasteiger partial charge is 0.269 e. The molecule has 1 aliphatic carbocycles. The van der Waals surface area contributed by atoms with Crippen molar-refractivity contribution in [1.29, 1.82) is 0 Å². The van der Waals surface area contributed by atoms with Crippen molar-refractivity contribution in [3.05, 3.63) is 36.0 Å². The van der Waals surface area contributed by atoms with Crippen molar-refractivity contribution >= 4 is 22.5 Å². The summed E-state index contributed by atoms with van der Waals surface area (Å²) in [4.78, 5) is 16.6. The Morgan fingerprint density at radius 3 is 2.90 bits per heavy atom. The van der Waals surface area contributed by atoms with Crippen molar-refractivity contribution in [2.45, 2.75) is 19.3 Å². The van der Waals surface area contributed by atoms with Gasteiger partial charge in [-0.15, -0.1) is 0 Å². The van der Waals surface area contributed by atoms with Gasteiger partial charge >= 0.3 is 0 Å². The Balaban J connectivity index is 1.80. The number of benzene rings is 1. The number of rotatable bonds is 5. The second-order valence-electron chi connectivity index (χ2n) is 5.32. The summed E-state index contributed by atoms with van der Waals surface area (Å²) in [7, 11) is 1.82. The van der Waals surface area contributed by atoms with Crippen LogP contribution in [0.4, 0.5) is 5.82 Å². The average molecular weight is 269 g/mol. The van der Waals surface area contributed by atoms with Gasteiger partial charge < -0.3 is 10.6 Å². The summed E-state index contributed by atoms with van der Waals surface area (Å²) in [5.41, 5.74) is 0.476. The van der Waals surface area contributed by atoms with E-state index in [2.05, 4.69) is 15.6 Å². The van der Waals surface area contributed by atoms with Crippen LogP contribution in [-0.4, -0.2) is 24.5 Å². The third kappa shape index (κ3) is 2.74. The molecule has 0 atom stereocenters. The molecular weight excluding hydrogens is 250 g/mol. The molecule has 0 spiro atoms. The molecule has 0 saturated heterocycles. The molecule has 104 valence electrons. The molecule has 20 heavy (non-hydrogen) atoms. The lowest BCUT2D eigenvalue weighted by atomic mass is 10.1. The molecule has 4 heteroatoms. The fourth-order valence-corrected chi connectivity index (χ4v) is 2.39. The first-order valence-electron chi connectivity index (χ1n) is 7.13. The van der Waals surface area contributed by atoms with Crippen LogP contribution in [-0.2, 0) is 0 Å². The fourth-order valence-electron chi connectivity index (χ4n) is 2.39. The fraction of sp³-hybridized carbons (Fsp3) is 0.375. The Hall–Kier alpha value is -2.10. The van der Waals surface area contributed by atoms with Crippen molar-refractivity contribution in [1.82, 2.24) is 10.3 Å². The zero-order chi connectivity index (χ0) is 13.9. The van der Waals surface area contributed by atoms with Gasteiger partial charge in [-0.1, -0.05) is 37.1 Å². The molecule has 1 amide bonds. The number of aromatic nitrogens is 1. The number of amides is 1. The molecule has 1 saturated carbocycles. The maximum absolute atomic E-state index is 12.2. The van der Waals surface area contributed by atoms with Crippen molar-refractivity contribution < 1.29 is 4.79 Å². The molecule has 3 rings (SSSR count). The van der Waals surface area contributed by atoms with E-state index in [0.717, 1.165) is 35.5 Å². The number of carbonyl (C=O) groups is 1. The summed E-state index contributed by atoms with van der Waals surface area (Å²) in [6.07, 6.45) is 3.71.